The predicted octanol–water partition coefficient (Wildman–Crippen LogP) is 2.32. The van der Waals surface area contributed by atoms with Crippen molar-refractivity contribution < 1.29 is 14.3 Å². The number of rotatable bonds is 5. The summed E-state index contributed by atoms with van der Waals surface area (Å²) in [5.74, 6) is 1.18. The van der Waals surface area contributed by atoms with Crippen LogP contribution in [0.15, 0.2) is 48.8 Å². The molecule has 1 aliphatic heterocycles. The summed E-state index contributed by atoms with van der Waals surface area (Å²) >= 11 is 0. The molecular weight excluding hydrogens is 294 g/mol. The summed E-state index contributed by atoms with van der Waals surface area (Å²) < 4.78 is 11.3. The van der Waals surface area contributed by atoms with Gasteiger partial charge in [-0.05, 0) is 37.1 Å². The average Bonchev–Trinajstić information content (AvgIpc) is 3.05. The van der Waals surface area contributed by atoms with Gasteiger partial charge in [-0.25, -0.2) is 0 Å². The van der Waals surface area contributed by atoms with Gasteiger partial charge in [0.2, 0.25) is 0 Å². The molecule has 1 aliphatic rings. The highest BCUT2D eigenvalue weighted by atomic mass is 16.5. The Morgan fingerprint density at radius 2 is 2.09 bits per heavy atom. The Morgan fingerprint density at radius 3 is 2.83 bits per heavy atom. The van der Waals surface area contributed by atoms with Crippen molar-refractivity contribution in [2.75, 3.05) is 11.9 Å². The Balaban J connectivity index is 1.62. The van der Waals surface area contributed by atoms with Gasteiger partial charge in [-0.15, -0.1) is 0 Å². The van der Waals surface area contributed by atoms with Crippen LogP contribution in [0.5, 0.6) is 11.5 Å². The summed E-state index contributed by atoms with van der Waals surface area (Å²) in [6, 6.07) is 10.8. The van der Waals surface area contributed by atoms with E-state index in [4.69, 9.17) is 15.2 Å². The second kappa shape index (κ2) is 7.21. The van der Waals surface area contributed by atoms with Crippen LogP contribution in [0.1, 0.15) is 12.8 Å². The van der Waals surface area contributed by atoms with Crippen LogP contribution >= 0.6 is 0 Å². The van der Waals surface area contributed by atoms with E-state index >= 15 is 0 Å². The molecule has 2 heterocycles. The minimum absolute atomic E-state index is 0.0212. The largest absolute Gasteiger partial charge is 0.457 e. The van der Waals surface area contributed by atoms with Gasteiger partial charge in [-0.1, -0.05) is 6.07 Å². The summed E-state index contributed by atoms with van der Waals surface area (Å²) in [5.41, 5.74) is 6.23. The van der Waals surface area contributed by atoms with Gasteiger partial charge in [0.15, 0.2) is 0 Å². The number of pyridine rings is 1. The maximum atomic E-state index is 12.2. The smallest absolute Gasteiger partial charge is 0.253 e. The van der Waals surface area contributed by atoms with E-state index in [1.807, 2.05) is 18.2 Å². The van der Waals surface area contributed by atoms with Crippen molar-refractivity contribution in [3.8, 4) is 11.5 Å². The Bertz CT molecular complexity index is 663. The van der Waals surface area contributed by atoms with Crippen LogP contribution in [-0.2, 0) is 9.53 Å². The molecule has 0 saturated carbocycles. The maximum Gasteiger partial charge on any atom is 0.253 e. The van der Waals surface area contributed by atoms with Gasteiger partial charge in [0.25, 0.3) is 5.91 Å². The summed E-state index contributed by atoms with van der Waals surface area (Å²) in [7, 11) is 0. The maximum absolute atomic E-state index is 12.2. The first kappa shape index (κ1) is 15.5. The highest BCUT2D eigenvalue weighted by Gasteiger charge is 2.29. The minimum atomic E-state index is -0.437. The zero-order valence-corrected chi connectivity index (χ0v) is 12.6. The monoisotopic (exact) mass is 313 g/mol. The van der Waals surface area contributed by atoms with Crippen LogP contribution in [-0.4, -0.2) is 29.6 Å². The molecule has 1 amide bonds. The van der Waals surface area contributed by atoms with Crippen LogP contribution in [0.25, 0.3) is 0 Å². The minimum Gasteiger partial charge on any atom is -0.457 e. The lowest BCUT2D eigenvalue weighted by Crippen LogP contribution is -2.29. The van der Waals surface area contributed by atoms with Crippen molar-refractivity contribution in [2.24, 2.45) is 5.73 Å². The Hall–Kier alpha value is -2.44. The van der Waals surface area contributed by atoms with Crippen LogP contribution in [0.2, 0.25) is 0 Å². The van der Waals surface area contributed by atoms with Crippen LogP contribution < -0.4 is 15.8 Å². The van der Waals surface area contributed by atoms with Crippen molar-refractivity contribution in [2.45, 2.75) is 25.0 Å². The highest BCUT2D eigenvalue weighted by molar-refractivity contribution is 5.94. The van der Waals surface area contributed by atoms with Crippen LogP contribution in [0.3, 0.4) is 0 Å². The molecule has 0 bridgehead atoms. The summed E-state index contributed by atoms with van der Waals surface area (Å²) in [6.45, 7) is 0.443. The number of nitrogens with zero attached hydrogens (tertiary/aromatic N) is 1. The number of carbonyl (C=O) groups is 1. The zero-order valence-electron chi connectivity index (χ0n) is 12.6. The van der Waals surface area contributed by atoms with Gasteiger partial charge in [-0.2, -0.15) is 0 Å². The van der Waals surface area contributed by atoms with Gasteiger partial charge < -0.3 is 20.5 Å². The fourth-order valence-corrected chi connectivity index (χ4v) is 2.47. The summed E-state index contributed by atoms with van der Waals surface area (Å²) in [4.78, 5) is 16.2. The fraction of sp³-hybridized carbons (Fsp3) is 0.294. The molecule has 1 fully saturated rings. The molecule has 120 valence electrons. The molecule has 0 aliphatic carbocycles. The van der Waals surface area contributed by atoms with E-state index in [0.29, 0.717) is 30.2 Å². The number of amides is 1. The lowest BCUT2D eigenvalue weighted by atomic mass is 10.2. The number of aromatic nitrogens is 1. The van der Waals surface area contributed by atoms with E-state index in [2.05, 4.69) is 10.3 Å². The number of hydrogen-bond donors (Lipinski definition) is 2. The summed E-state index contributed by atoms with van der Waals surface area (Å²) in [5, 5.41) is 2.86. The molecule has 6 nitrogen and oxygen atoms in total. The molecule has 0 spiro atoms. The quantitative estimate of drug-likeness (QED) is 0.884. The first-order chi connectivity index (χ1) is 11.2. The van der Waals surface area contributed by atoms with Crippen LogP contribution in [0, 0.1) is 0 Å². The Labute approximate surface area is 134 Å². The second-order valence-electron chi connectivity index (χ2n) is 5.36. The molecule has 1 aromatic carbocycles. The fourth-order valence-electron chi connectivity index (χ4n) is 2.47. The van der Waals surface area contributed by atoms with E-state index in [1.165, 1.54) is 0 Å². The van der Waals surface area contributed by atoms with E-state index in [1.54, 1.807) is 30.6 Å². The van der Waals surface area contributed by atoms with Gasteiger partial charge in [0.1, 0.15) is 17.6 Å². The molecule has 3 N–H and O–H groups in total. The molecular formula is C17H19N3O3. The number of hydrogen-bond acceptors (Lipinski definition) is 5. The first-order valence-corrected chi connectivity index (χ1v) is 7.59. The number of carbonyl (C=O) groups excluding carboxylic acids is 1. The topological polar surface area (TPSA) is 86.5 Å². The third-order valence-electron chi connectivity index (χ3n) is 3.65. The molecule has 1 aromatic heterocycles. The number of nitrogens with two attached hydrogens (primary N) is 1. The van der Waals surface area contributed by atoms with E-state index < -0.39 is 6.10 Å². The SMILES string of the molecule is NC[C@H]1CC[C@@H](C(=O)Nc2cccc(Oc3ccncc3)c2)O1. The normalized spacial score (nSPS) is 20.2. The molecule has 6 heteroatoms. The first-order valence-electron chi connectivity index (χ1n) is 7.59. The van der Waals surface area contributed by atoms with Crippen molar-refractivity contribution in [3.63, 3.8) is 0 Å². The van der Waals surface area contributed by atoms with Crippen molar-refractivity contribution in [1.82, 2.24) is 4.98 Å². The van der Waals surface area contributed by atoms with E-state index in [9.17, 15) is 4.79 Å². The molecule has 0 radical (unpaired) electrons. The average molecular weight is 313 g/mol. The highest BCUT2D eigenvalue weighted by Crippen LogP contribution is 2.25. The standard InChI is InChI=1S/C17H19N3O3/c18-11-15-4-5-16(23-15)17(21)20-12-2-1-3-14(10-12)22-13-6-8-19-9-7-13/h1-3,6-10,15-16H,4-5,11,18H2,(H,20,21)/t15-,16+/m1/s1. The molecule has 0 unspecified atom stereocenters. The van der Waals surface area contributed by atoms with Crippen molar-refractivity contribution in [3.05, 3.63) is 48.8 Å². The van der Waals surface area contributed by atoms with Gasteiger partial charge in [-0.3, -0.25) is 9.78 Å². The third-order valence-corrected chi connectivity index (χ3v) is 3.65. The number of nitrogens with one attached hydrogen (secondary N) is 1. The van der Waals surface area contributed by atoms with Crippen molar-refractivity contribution >= 4 is 11.6 Å². The predicted molar refractivity (Wildman–Crippen MR) is 86.3 cm³/mol. The zero-order chi connectivity index (χ0) is 16.1. The Morgan fingerprint density at radius 1 is 1.26 bits per heavy atom. The third kappa shape index (κ3) is 4.06. The lowest BCUT2D eigenvalue weighted by Gasteiger charge is -2.13. The number of benzene rings is 1. The van der Waals surface area contributed by atoms with Crippen molar-refractivity contribution in [1.29, 1.82) is 0 Å². The van der Waals surface area contributed by atoms with E-state index in [-0.39, 0.29) is 12.0 Å². The number of ether oxygens (including phenoxy) is 2. The molecule has 3 rings (SSSR count). The molecule has 23 heavy (non-hydrogen) atoms. The van der Waals surface area contributed by atoms with E-state index in [0.717, 1.165) is 6.42 Å². The molecule has 2 atom stereocenters. The van der Waals surface area contributed by atoms with Gasteiger partial charge in [0.05, 0.1) is 6.10 Å². The lowest BCUT2D eigenvalue weighted by molar-refractivity contribution is -0.126. The summed E-state index contributed by atoms with van der Waals surface area (Å²) in [6.07, 6.45) is 4.37. The number of anilines is 1. The van der Waals surface area contributed by atoms with Gasteiger partial charge in [0, 0.05) is 30.7 Å². The van der Waals surface area contributed by atoms with Gasteiger partial charge >= 0.3 is 0 Å². The molecule has 2 aromatic rings. The molecule has 1 saturated heterocycles. The second-order valence-corrected chi connectivity index (χ2v) is 5.36. The van der Waals surface area contributed by atoms with Crippen LogP contribution in [0.4, 0.5) is 5.69 Å². The Kier molecular flexibility index (Phi) is 4.85.